The lowest BCUT2D eigenvalue weighted by atomic mass is 10.2. The second-order valence-corrected chi connectivity index (χ2v) is 7.39. The van der Waals surface area contributed by atoms with Crippen LogP contribution in [-0.2, 0) is 6.54 Å². The predicted molar refractivity (Wildman–Crippen MR) is 116 cm³/mol. The number of rotatable bonds is 5. The van der Waals surface area contributed by atoms with Gasteiger partial charge in [-0.3, -0.25) is 9.78 Å². The summed E-state index contributed by atoms with van der Waals surface area (Å²) in [6.07, 6.45) is 5.05. The van der Waals surface area contributed by atoms with Gasteiger partial charge in [-0.05, 0) is 60.5 Å². The molecule has 0 aliphatic heterocycles. The van der Waals surface area contributed by atoms with Gasteiger partial charge in [0.1, 0.15) is 17.3 Å². The SMILES string of the molecule is Cc1cc(NC(=O)c2cc3cc(F)ccc3n2Cc2ccncc2)cnc1N(C)C. The second-order valence-electron chi connectivity index (χ2n) is 7.39. The molecule has 0 aliphatic carbocycles. The fourth-order valence-electron chi connectivity index (χ4n) is 3.57. The van der Waals surface area contributed by atoms with Crippen LogP contribution >= 0.6 is 0 Å². The predicted octanol–water partition coefficient (Wildman–Crippen LogP) is 4.25. The van der Waals surface area contributed by atoms with Crippen LogP contribution in [0.4, 0.5) is 15.9 Å². The van der Waals surface area contributed by atoms with E-state index in [4.69, 9.17) is 0 Å². The molecule has 4 rings (SSSR count). The number of nitrogens with one attached hydrogen (secondary N) is 1. The van der Waals surface area contributed by atoms with Gasteiger partial charge in [0.2, 0.25) is 0 Å². The highest BCUT2D eigenvalue weighted by molar-refractivity contribution is 6.06. The molecule has 7 heteroatoms. The van der Waals surface area contributed by atoms with E-state index in [1.54, 1.807) is 30.7 Å². The number of carbonyl (C=O) groups is 1. The fraction of sp³-hybridized carbons (Fsp3) is 0.174. The maximum atomic E-state index is 13.8. The van der Waals surface area contributed by atoms with Crippen molar-refractivity contribution < 1.29 is 9.18 Å². The summed E-state index contributed by atoms with van der Waals surface area (Å²) in [6, 6.07) is 11.9. The molecule has 0 radical (unpaired) electrons. The molecule has 0 fully saturated rings. The molecular formula is C23H22FN5O. The topological polar surface area (TPSA) is 63.1 Å². The Morgan fingerprint density at radius 1 is 1.13 bits per heavy atom. The number of hydrogen-bond donors (Lipinski definition) is 1. The number of carbonyl (C=O) groups excluding carboxylic acids is 1. The van der Waals surface area contributed by atoms with E-state index in [9.17, 15) is 9.18 Å². The molecule has 0 unspecified atom stereocenters. The molecular weight excluding hydrogens is 381 g/mol. The van der Waals surface area contributed by atoms with Gasteiger partial charge < -0.3 is 14.8 Å². The van der Waals surface area contributed by atoms with Crippen molar-refractivity contribution in [3.05, 3.63) is 83.7 Å². The summed E-state index contributed by atoms with van der Waals surface area (Å²) in [5.41, 5.74) is 3.79. The highest BCUT2D eigenvalue weighted by Gasteiger charge is 2.17. The Balaban J connectivity index is 1.71. The van der Waals surface area contributed by atoms with Crippen LogP contribution in [0.1, 0.15) is 21.6 Å². The molecule has 0 spiro atoms. The lowest BCUT2D eigenvalue weighted by molar-refractivity contribution is 0.101. The van der Waals surface area contributed by atoms with E-state index < -0.39 is 0 Å². The summed E-state index contributed by atoms with van der Waals surface area (Å²) >= 11 is 0. The number of fused-ring (bicyclic) bond motifs is 1. The van der Waals surface area contributed by atoms with Crippen molar-refractivity contribution >= 4 is 28.3 Å². The normalized spacial score (nSPS) is 10.9. The lowest BCUT2D eigenvalue weighted by Crippen LogP contribution is -2.18. The standard InChI is InChI=1S/C23H22FN5O/c1-15-10-19(13-26-22(15)28(2)3)27-23(30)21-12-17-11-18(24)4-5-20(17)29(21)14-16-6-8-25-9-7-16/h4-13H,14H2,1-3H3,(H,27,30). The molecule has 0 atom stereocenters. The largest absolute Gasteiger partial charge is 0.363 e. The number of aromatic nitrogens is 3. The van der Waals surface area contributed by atoms with E-state index in [1.165, 1.54) is 12.1 Å². The quantitative estimate of drug-likeness (QED) is 0.541. The van der Waals surface area contributed by atoms with Gasteiger partial charge in [-0.2, -0.15) is 0 Å². The van der Waals surface area contributed by atoms with E-state index in [1.807, 2.05) is 48.7 Å². The van der Waals surface area contributed by atoms with Gasteiger partial charge in [0, 0.05) is 43.9 Å². The lowest BCUT2D eigenvalue weighted by Gasteiger charge is -2.15. The average Bonchev–Trinajstić information content (AvgIpc) is 3.06. The molecule has 1 amide bonds. The van der Waals surface area contributed by atoms with E-state index in [2.05, 4.69) is 15.3 Å². The second kappa shape index (κ2) is 7.94. The van der Waals surface area contributed by atoms with Crippen LogP contribution < -0.4 is 10.2 Å². The molecule has 1 aromatic carbocycles. The first-order chi connectivity index (χ1) is 14.4. The number of amides is 1. The van der Waals surface area contributed by atoms with Crippen LogP contribution in [0.5, 0.6) is 0 Å². The van der Waals surface area contributed by atoms with Gasteiger partial charge in [-0.25, -0.2) is 9.37 Å². The van der Waals surface area contributed by atoms with Crippen LogP contribution in [0.2, 0.25) is 0 Å². The zero-order valence-corrected chi connectivity index (χ0v) is 17.1. The zero-order valence-electron chi connectivity index (χ0n) is 17.1. The van der Waals surface area contributed by atoms with E-state index >= 15 is 0 Å². The molecule has 0 bridgehead atoms. The van der Waals surface area contributed by atoms with Crippen LogP contribution in [0, 0.1) is 12.7 Å². The third-order valence-corrected chi connectivity index (χ3v) is 4.92. The third-order valence-electron chi connectivity index (χ3n) is 4.92. The summed E-state index contributed by atoms with van der Waals surface area (Å²) in [5.74, 6) is 0.226. The molecule has 3 aromatic heterocycles. The van der Waals surface area contributed by atoms with E-state index in [-0.39, 0.29) is 11.7 Å². The van der Waals surface area contributed by atoms with Gasteiger partial charge in [0.25, 0.3) is 5.91 Å². The van der Waals surface area contributed by atoms with Crippen molar-refractivity contribution in [2.75, 3.05) is 24.3 Å². The van der Waals surface area contributed by atoms with Gasteiger partial charge >= 0.3 is 0 Å². The maximum absolute atomic E-state index is 13.8. The van der Waals surface area contributed by atoms with Crippen molar-refractivity contribution in [2.45, 2.75) is 13.5 Å². The Kier molecular flexibility index (Phi) is 5.18. The minimum Gasteiger partial charge on any atom is -0.363 e. The van der Waals surface area contributed by atoms with Gasteiger partial charge in [-0.1, -0.05) is 0 Å². The first kappa shape index (κ1) is 19.6. The minimum atomic E-state index is -0.338. The molecule has 3 heterocycles. The van der Waals surface area contributed by atoms with Crippen LogP contribution in [0.15, 0.2) is 61.1 Å². The molecule has 6 nitrogen and oxygen atoms in total. The van der Waals surface area contributed by atoms with Gasteiger partial charge in [-0.15, -0.1) is 0 Å². The number of halogens is 1. The third kappa shape index (κ3) is 3.87. The fourth-order valence-corrected chi connectivity index (χ4v) is 3.57. The van der Waals surface area contributed by atoms with Gasteiger partial charge in [0.05, 0.1) is 11.9 Å². The number of hydrogen-bond acceptors (Lipinski definition) is 4. The first-order valence-electron chi connectivity index (χ1n) is 9.55. The number of nitrogens with zero attached hydrogens (tertiary/aromatic N) is 4. The van der Waals surface area contributed by atoms with E-state index in [0.29, 0.717) is 23.3 Å². The highest BCUT2D eigenvalue weighted by atomic mass is 19.1. The molecule has 152 valence electrons. The van der Waals surface area contributed by atoms with Crippen molar-refractivity contribution in [3.8, 4) is 0 Å². The maximum Gasteiger partial charge on any atom is 0.272 e. The Morgan fingerprint density at radius 3 is 2.60 bits per heavy atom. The molecule has 1 N–H and O–H groups in total. The zero-order chi connectivity index (χ0) is 21.3. The van der Waals surface area contributed by atoms with Gasteiger partial charge in [0.15, 0.2) is 0 Å². The smallest absolute Gasteiger partial charge is 0.272 e. The van der Waals surface area contributed by atoms with Crippen LogP contribution in [0.3, 0.4) is 0 Å². The summed E-state index contributed by atoms with van der Waals surface area (Å²) in [4.78, 5) is 23.5. The molecule has 0 saturated heterocycles. The summed E-state index contributed by atoms with van der Waals surface area (Å²) in [7, 11) is 3.84. The van der Waals surface area contributed by atoms with Crippen molar-refractivity contribution in [2.24, 2.45) is 0 Å². The summed E-state index contributed by atoms with van der Waals surface area (Å²) in [6.45, 7) is 2.42. The average molecular weight is 403 g/mol. The molecule has 4 aromatic rings. The molecule has 0 saturated carbocycles. The number of pyridine rings is 2. The number of benzene rings is 1. The van der Waals surface area contributed by atoms with Crippen LogP contribution in [0.25, 0.3) is 10.9 Å². The Hall–Kier alpha value is -3.74. The minimum absolute atomic E-state index is 0.278. The Bertz CT molecular complexity index is 1220. The number of aryl methyl sites for hydroxylation is 1. The Morgan fingerprint density at radius 2 is 1.90 bits per heavy atom. The van der Waals surface area contributed by atoms with E-state index in [0.717, 1.165) is 22.5 Å². The van der Waals surface area contributed by atoms with Crippen molar-refractivity contribution in [1.29, 1.82) is 0 Å². The highest BCUT2D eigenvalue weighted by Crippen LogP contribution is 2.24. The molecule has 30 heavy (non-hydrogen) atoms. The molecule has 0 aliphatic rings. The number of anilines is 2. The monoisotopic (exact) mass is 403 g/mol. The Labute approximate surface area is 174 Å². The first-order valence-corrected chi connectivity index (χ1v) is 9.55. The van der Waals surface area contributed by atoms with Crippen molar-refractivity contribution in [1.82, 2.24) is 14.5 Å². The van der Waals surface area contributed by atoms with Crippen LogP contribution in [-0.4, -0.2) is 34.5 Å². The summed E-state index contributed by atoms with van der Waals surface area (Å²) in [5, 5.41) is 3.59. The summed E-state index contributed by atoms with van der Waals surface area (Å²) < 4.78 is 15.7. The van der Waals surface area contributed by atoms with Crippen molar-refractivity contribution in [3.63, 3.8) is 0 Å².